The molecule has 2 fully saturated rings. The smallest absolute Gasteiger partial charge is 0.230 e. The maximum Gasteiger partial charge on any atom is 0.230 e. The van der Waals surface area contributed by atoms with Crippen molar-refractivity contribution < 1.29 is 4.42 Å². The van der Waals surface area contributed by atoms with E-state index in [0.29, 0.717) is 5.92 Å². The van der Waals surface area contributed by atoms with Crippen molar-refractivity contribution in [2.24, 2.45) is 0 Å². The van der Waals surface area contributed by atoms with Crippen LogP contribution in [0, 0.1) is 0 Å². The highest BCUT2D eigenvalue weighted by molar-refractivity contribution is 7.99. The fraction of sp³-hybridized carbons (Fsp3) is 0.800. The molecule has 0 radical (unpaired) electrons. The molecular formula is C10H15N3OS. The van der Waals surface area contributed by atoms with E-state index >= 15 is 0 Å². The van der Waals surface area contributed by atoms with Crippen LogP contribution < -0.4 is 0 Å². The molecule has 0 unspecified atom stereocenters. The highest BCUT2D eigenvalue weighted by Gasteiger charge is 2.29. The summed E-state index contributed by atoms with van der Waals surface area (Å²) in [5, 5.41) is 8.20. The van der Waals surface area contributed by atoms with Gasteiger partial charge in [-0.1, -0.05) is 0 Å². The minimum Gasteiger partial charge on any atom is -0.424 e. The predicted octanol–water partition coefficient (Wildman–Crippen LogP) is 1.50. The number of rotatable bonds is 3. The van der Waals surface area contributed by atoms with Gasteiger partial charge in [0.1, 0.15) is 0 Å². The van der Waals surface area contributed by atoms with Gasteiger partial charge in [-0.15, -0.1) is 10.2 Å². The molecule has 1 aromatic rings. The second-order valence-corrected chi connectivity index (χ2v) is 5.42. The molecule has 5 heteroatoms. The first-order valence-corrected chi connectivity index (χ1v) is 6.69. The molecule has 4 nitrogen and oxygen atoms in total. The standard InChI is InChI=1S/C10H15N3OS/c1-2-8(1)10-12-11-9(14-10)7-13-3-5-15-6-4-13/h8H,1-7H2. The lowest BCUT2D eigenvalue weighted by Crippen LogP contribution is -2.32. The van der Waals surface area contributed by atoms with E-state index < -0.39 is 0 Å². The summed E-state index contributed by atoms with van der Waals surface area (Å²) in [6.07, 6.45) is 2.45. The van der Waals surface area contributed by atoms with Crippen molar-refractivity contribution in [2.75, 3.05) is 24.6 Å². The van der Waals surface area contributed by atoms with E-state index in [-0.39, 0.29) is 0 Å². The second-order valence-electron chi connectivity index (χ2n) is 4.20. The molecule has 0 spiro atoms. The van der Waals surface area contributed by atoms with Crippen LogP contribution in [0.3, 0.4) is 0 Å². The molecule has 82 valence electrons. The first-order valence-electron chi connectivity index (χ1n) is 5.54. The Bertz CT molecular complexity index is 331. The van der Waals surface area contributed by atoms with Crippen LogP contribution in [0.5, 0.6) is 0 Å². The number of aromatic nitrogens is 2. The molecule has 0 N–H and O–H groups in total. The molecule has 0 aromatic carbocycles. The number of hydrogen-bond donors (Lipinski definition) is 0. The summed E-state index contributed by atoms with van der Waals surface area (Å²) in [6, 6.07) is 0. The first kappa shape index (κ1) is 9.66. The maximum atomic E-state index is 5.64. The van der Waals surface area contributed by atoms with Gasteiger partial charge in [0.05, 0.1) is 6.54 Å². The second kappa shape index (κ2) is 4.14. The fourth-order valence-corrected chi connectivity index (χ4v) is 2.76. The molecule has 2 aliphatic rings. The molecule has 0 amide bonds. The van der Waals surface area contributed by atoms with E-state index in [1.165, 1.54) is 24.3 Å². The monoisotopic (exact) mass is 225 g/mol. The summed E-state index contributed by atoms with van der Waals surface area (Å²) < 4.78 is 5.64. The van der Waals surface area contributed by atoms with Crippen LogP contribution >= 0.6 is 11.8 Å². The van der Waals surface area contributed by atoms with Crippen LogP contribution in [0.15, 0.2) is 4.42 Å². The van der Waals surface area contributed by atoms with Crippen molar-refractivity contribution in [3.8, 4) is 0 Å². The molecule has 1 saturated heterocycles. The zero-order chi connectivity index (χ0) is 10.1. The minimum atomic E-state index is 0.572. The summed E-state index contributed by atoms with van der Waals surface area (Å²) in [4.78, 5) is 2.39. The summed E-state index contributed by atoms with van der Waals surface area (Å²) in [6.45, 7) is 3.12. The van der Waals surface area contributed by atoms with E-state index in [2.05, 4.69) is 15.1 Å². The van der Waals surface area contributed by atoms with Gasteiger partial charge in [-0.3, -0.25) is 4.90 Å². The molecule has 15 heavy (non-hydrogen) atoms. The maximum absolute atomic E-state index is 5.64. The predicted molar refractivity (Wildman–Crippen MR) is 58.9 cm³/mol. The van der Waals surface area contributed by atoms with Crippen LogP contribution in [0.4, 0.5) is 0 Å². The van der Waals surface area contributed by atoms with Crippen molar-refractivity contribution in [3.63, 3.8) is 0 Å². The van der Waals surface area contributed by atoms with Crippen molar-refractivity contribution >= 4 is 11.8 Å². The Morgan fingerprint density at radius 2 is 2.07 bits per heavy atom. The lowest BCUT2D eigenvalue weighted by molar-refractivity contribution is 0.259. The first-order chi connectivity index (χ1) is 7.42. The molecule has 3 rings (SSSR count). The summed E-state index contributed by atoms with van der Waals surface area (Å²) in [7, 11) is 0. The van der Waals surface area contributed by atoms with Crippen molar-refractivity contribution in [3.05, 3.63) is 11.8 Å². The van der Waals surface area contributed by atoms with E-state index in [1.807, 2.05) is 11.8 Å². The van der Waals surface area contributed by atoms with E-state index in [9.17, 15) is 0 Å². The van der Waals surface area contributed by atoms with E-state index in [1.54, 1.807) is 0 Å². The topological polar surface area (TPSA) is 42.2 Å². The zero-order valence-corrected chi connectivity index (χ0v) is 9.50. The highest BCUT2D eigenvalue weighted by Crippen LogP contribution is 2.39. The third-order valence-corrected chi connectivity index (χ3v) is 3.81. The van der Waals surface area contributed by atoms with Gasteiger partial charge in [0.2, 0.25) is 11.8 Å². The van der Waals surface area contributed by atoms with Crippen molar-refractivity contribution in [1.82, 2.24) is 15.1 Å². The van der Waals surface area contributed by atoms with Crippen molar-refractivity contribution in [1.29, 1.82) is 0 Å². The average molecular weight is 225 g/mol. The molecule has 2 heterocycles. The normalized spacial score (nSPS) is 23.2. The Labute approximate surface area is 93.4 Å². The summed E-state index contributed by atoms with van der Waals surface area (Å²) >= 11 is 2.02. The fourth-order valence-electron chi connectivity index (χ4n) is 1.78. The molecule has 0 bridgehead atoms. The van der Waals surface area contributed by atoms with Crippen LogP contribution in [-0.4, -0.2) is 39.7 Å². The molecule has 1 aliphatic heterocycles. The quantitative estimate of drug-likeness (QED) is 0.779. The van der Waals surface area contributed by atoms with Gasteiger partial charge in [0.25, 0.3) is 0 Å². The van der Waals surface area contributed by atoms with Gasteiger partial charge >= 0.3 is 0 Å². The molecule has 1 aliphatic carbocycles. The highest BCUT2D eigenvalue weighted by atomic mass is 32.2. The van der Waals surface area contributed by atoms with Gasteiger partial charge in [-0.05, 0) is 12.8 Å². The van der Waals surface area contributed by atoms with Gasteiger partial charge in [-0.25, -0.2) is 0 Å². The minimum absolute atomic E-state index is 0.572. The van der Waals surface area contributed by atoms with E-state index in [0.717, 1.165) is 31.4 Å². The average Bonchev–Trinajstić information content (AvgIpc) is 3.02. The van der Waals surface area contributed by atoms with E-state index in [4.69, 9.17) is 4.42 Å². The van der Waals surface area contributed by atoms with Gasteiger partial charge < -0.3 is 4.42 Å². The number of nitrogens with zero attached hydrogens (tertiary/aromatic N) is 3. The number of hydrogen-bond acceptors (Lipinski definition) is 5. The Balaban J connectivity index is 1.60. The van der Waals surface area contributed by atoms with Crippen molar-refractivity contribution in [2.45, 2.75) is 25.3 Å². The lowest BCUT2D eigenvalue weighted by Gasteiger charge is -2.24. The Morgan fingerprint density at radius 1 is 1.27 bits per heavy atom. The Hall–Kier alpha value is -0.550. The SMILES string of the molecule is C1CN(Cc2nnc(C3CC3)o2)CCS1. The third kappa shape index (κ3) is 2.34. The molecule has 1 aromatic heterocycles. The van der Waals surface area contributed by atoms with Gasteiger partial charge in [0, 0.05) is 30.5 Å². The third-order valence-electron chi connectivity index (χ3n) is 2.87. The summed E-state index contributed by atoms with van der Waals surface area (Å²) in [5.41, 5.74) is 0. The molecule has 0 atom stereocenters. The summed E-state index contributed by atoms with van der Waals surface area (Å²) in [5.74, 6) is 4.68. The molecule has 1 saturated carbocycles. The van der Waals surface area contributed by atoms with Crippen LogP contribution in [0.1, 0.15) is 30.5 Å². The van der Waals surface area contributed by atoms with Crippen LogP contribution in [0.2, 0.25) is 0 Å². The molecular weight excluding hydrogens is 210 g/mol. The van der Waals surface area contributed by atoms with Crippen LogP contribution in [0.25, 0.3) is 0 Å². The number of thioether (sulfide) groups is 1. The van der Waals surface area contributed by atoms with Gasteiger partial charge in [0.15, 0.2) is 0 Å². The lowest BCUT2D eigenvalue weighted by atomic mass is 10.4. The van der Waals surface area contributed by atoms with Gasteiger partial charge in [-0.2, -0.15) is 11.8 Å². The Morgan fingerprint density at radius 3 is 2.80 bits per heavy atom. The zero-order valence-electron chi connectivity index (χ0n) is 8.69. The Kier molecular flexibility index (Phi) is 2.66. The largest absolute Gasteiger partial charge is 0.424 e. The van der Waals surface area contributed by atoms with Crippen LogP contribution in [-0.2, 0) is 6.54 Å².